The predicted octanol–water partition coefficient (Wildman–Crippen LogP) is 6.60. The first-order valence-corrected chi connectivity index (χ1v) is 12.1. The summed E-state index contributed by atoms with van der Waals surface area (Å²) in [5.41, 5.74) is 6.06. The monoisotopic (exact) mass is 539 g/mol. The largest absolute Gasteiger partial charge is 0.573 e. The van der Waals surface area contributed by atoms with Gasteiger partial charge in [-0.25, -0.2) is 4.98 Å². The SMILES string of the molecule is N[C@H]1CC[C@H](CNc2nc(NCc3ccccc3OC(F)(F)F)ncc2-c2cccc(C(F)(F)F)c2)CC1. The Morgan fingerprint density at radius 1 is 0.921 bits per heavy atom. The van der Waals surface area contributed by atoms with Gasteiger partial charge in [0, 0.05) is 36.5 Å². The number of nitrogens with one attached hydrogen (secondary N) is 2. The molecule has 1 saturated carbocycles. The Morgan fingerprint density at radius 2 is 1.66 bits per heavy atom. The highest BCUT2D eigenvalue weighted by Crippen LogP contribution is 2.35. The fraction of sp³-hybridized carbons (Fsp3) is 0.385. The van der Waals surface area contributed by atoms with Crippen LogP contribution in [0.15, 0.2) is 54.7 Å². The Bertz CT molecular complexity index is 1230. The molecule has 1 aliphatic rings. The fourth-order valence-corrected chi connectivity index (χ4v) is 4.36. The van der Waals surface area contributed by atoms with Crippen LogP contribution in [0.25, 0.3) is 11.1 Å². The third kappa shape index (κ3) is 7.50. The molecule has 0 radical (unpaired) electrons. The van der Waals surface area contributed by atoms with Gasteiger partial charge in [-0.3, -0.25) is 0 Å². The number of nitrogens with two attached hydrogens (primary N) is 1. The number of halogens is 6. The Balaban J connectivity index is 1.58. The molecule has 1 heterocycles. The van der Waals surface area contributed by atoms with Gasteiger partial charge in [0.05, 0.1) is 5.56 Å². The Hall–Kier alpha value is -3.54. The highest BCUT2D eigenvalue weighted by molar-refractivity contribution is 5.75. The molecule has 1 aliphatic carbocycles. The van der Waals surface area contributed by atoms with E-state index in [0.29, 0.717) is 23.8 Å². The lowest BCUT2D eigenvalue weighted by Gasteiger charge is -2.26. The molecule has 3 aromatic rings. The predicted molar refractivity (Wildman–Crippen MR) is 131 cm³/mol. The minimum atomic E-state index is -4.85. The molecule has 0 bridgehead atoms. The summed E-state index contributed by atoms with van der Waals surface area (Å²) in [5, 5.41) is 6.13. The summed E-state index contributed by atoms with van der Waals surface area (Å²) in [7, 11) is 0. The van der Waals surface area contributed by atoms with Gasteiger partial charge < -0.3 is 21.1 Å². The van der Waals surface area contributed by atoms with Gasteiger partial charge >= 0.3 is 12.5 Å². The molecule has 38 heavy (non-hydrogen) atoms. The quantitative estimate of drug-likeness (QED) is 0.280. The van der Waals surface area contributed by atoms with E-state index in [1.807, 2.05) is 0 Å². The van der Waals surface area contributed by atoms with Crippen molar-refractivity contribution >= 4 is 11.8 Å². The number of rotatable bonds is 8. The number of aromatic nitrogens is 2. The van der Waals surface area contributed by atoms with E-state index in [4.69, 9.17) is 5.73 Å². The van der Waals surface area contributed by atoms with Crippen LogP contribution in [-0.2, 0) is 12.7 Å². The second kappa shape index (κ2) is 11.5. The highest BCUT2D eigenvalue weighted by atomic mass is 19.4. The summed E-state index contributed by atoms with van der Waals surface area (Å²) in [5.74, 6) is 0.371. The van der Waals surface area contributed by atoms with E-state index in [1.165, 1.54) is 36.5 Å². The molecule has 1 aromatic heterocycles. The van der Waals surface area contributed by atoms with Gasteiger partial charge in [-0.1, -0.05) is 30.3 Å². The minimum absolute atomic E-state index is 0.0743. The number of ether oxygens (including phenoxy) is 1. The maximum atomic E-state index is 13.3. The Labute approximate surface area is 215 Å². The smallest absolute Gasteiger partial charge is 0.405 e. The number of alkyl halides is 6. The highest BCUT2D eigenvalue weighted by Gasteiger charge is 2.32. The van der Waals surface area contributed by atoms with Crippen molar-refractivity contribution < 1.29 is 31.1 Å². The summed E-state index contributed by atoms with van der Waals surface area (Å²) >= 11 is 0. The van der Waals surface area contributed by atoms with Crippen molar-refractivity contribution in [2.75, 3.05) is 17.2 Å². The molecule has 0 saturated heterocycles. The minimum Gasteiger partial charge on any atom is -0.405 e. The number of hydrogen-bond donors (Lipinski definition) is 3. The first kappa shape index (κ1) is 27.5. The number of nitrogens with zero attached hydrogens (tertiary/aromatic N) is 2. The molecule has 0 spiro atoms. The van der Waals surface area contributed by atoms with Crippen LogP contribution in [0.2, 0.25) is 0 Å². The second-order valence-electron chi connectivity index (χ2n) is 9.21. The third-order valence-electron chi connectivity index (χ3n) is 6.37. The van der Waals surface area contributed by atoms with Crippen LogP contribution in [0, 0.1) is 5.92 Å². The summed E-state index contributed by atoms with van der Waals surface area (Å²) in [6, 6.07) is 10.7. The van der Waals surface area contributed by atoms with E-state index in [1.54, 1.807) is 6.07 Å². The molecule has 0 unspecified atom stereocenters. The van der Waals surface area contributed by atoms with Crippen molar-refractivity contribution in [2.45, 2.75) is 50.8 Å². The standard InChI is InChI=1S/C26H27F6N5O/c27-25(28,29)19-6-3-5-17(12-19)21-15-36-24(37-23(21)34-13-16-8-10-20(33)11-9-16)35-14-18-4-1-2-7-22(18)38-26(30,31)32/h1-7,12,15-16,20H,8-11,13-14,33H2,(H2,34,35,36,37)/t16-,20-. The van der Waals surface area contributed by atoms with E-state index < -0.39 is 18.1 Å². The first-order chi connectivity index (χ1) is 18.0. The van der Waals surface area contributed by atoms with Crippen molar-refractivity contribution in [1.82, 2.24) is 9.97 Å². The molecule has 4 N–H and O–H groups in total. The van der Waals surface area contributed by atoms with Crippen molar-refractivity contribution in [3.05, 3.63) is 65.9 Å². The maximum absolute atomic E-state index is 13.3. The third-order valence-corrected chi connectivity index (χ3v) is 6.37. The van der Waals surface area contributed by atoms with Crippen LogP contribution in [0.5, 0.6) is 5.75 Å². The van der Waals surface area contributed by atoms with Gasteiger partial charge in [-0.05, 0) is 55.4 Å². The van der Waals surface area contributed by atoms with Gasteiger partial charge in [-0.15, -0.1) is 13.2 Å². The number of anilines is 2. The van der Waals surface area contributed by atoms with Gasteiger partial charge in [0.15, 0.2) is 0 Å². The van der Waals surface area contributed by atoms with Gasteiger partial charge in [0.1, 0.15) is 11.6 Å². The molecule has 2 aromatic carbocycles. The van der Waals surface area contributed by atoms with Crippen LogP contribution in [-0.4, -0.2) is 28.9 Å². The number of benzene rings is 2. The molecule has 6 nitrogen and oxygen atoms in total. The summed E-state index contributed by atoms with van der Waals surface area (Å²) < 4.78 is 82.3. The lowest BCUT2D eigenvalue weighted by atomic mass is 9.86. The number of hydrogen-bond acceptors (Lipinski definition) is 6. The summed E-state index contributed by atoms with van der Waals surface area (Å²) in [4.78, 5) is 8.67. The summed E-state index contributed by atoms with van der Waals surface area (Å²) in [6.45, 7) is 0.465. The second-order valence-corrected chi connectivity index (χ2v) is 9.21. The van der Waals surface area contributed by atoms with Crippen LogP contribution in [0.4, 0.5) is 38.1 Å². The average Bonchev–Trinajstić information content (AvgIpc) is 2.86. The lowest BCUT2D eigenvalue weighted by Crippen LogP contribution is -2.29. The van der Waals surface area contributed by atoms with Crippen molar-refractivity contribution in [1.29, 1.82) is 0 Å². The van der Waals surface area contributed by atoms with Crippen molar-refractivity contribution in [3.8, 4) is 16.9 Å². The first-order valence-electron chi connectivity index (χ1n) is 12.1. The maximum Gasteiger partial charge on any atom is 0.573 e. The average molecular weight is 540 g/mol. The van der Waals surface area contributed by atoms with Crippen LogP contribution in [0.3, 0.4) is 0 Å². The van der Waals surface area contributed by atoms with Crippen molar-refractivity contribution in [3.63, 3.8) is 0 Å². The topological polar surface area (TPSA) is 85.1 Å². The van der Waals surface area contributed by atoms with E-state index >= 15 is 0 Å². The normalized spacial score (nSPS) is 18.2. The molecular weight excluding hydrogens is 512 g/mol. The molecule has 4 rings (SSSR count). The Kier molecular flexibility index (Phi) is 8.29. The zero-order chi connectivity index (χ0) is 27.3. The van der Waals surface area contributed by atoms with Gasteiger partial charge in [-0.2, -0.15) is 18.2 Å². The van der Waals surface area contributed by atoms with E-state index in [-0.39, 0.29) is 35.4 Å². The van der Waals surface area contributed by atoms with E-state index in [2.05, 4.69) is 25.3 Å². The molecule has 0 atom stereocenters. The van der Waals surface area contributed by atoms with Crippen molar-refractivity contribution in [2.24, 2.45) is 11.7 Å². The van der Waals surface area contributed by atoms with Gasteiger partial charge in [0.2, 0.25) is 5.95 Å². The zero-order valence-electron chi connectivity index (χ0n) is 20.2. The molecule has 1 fully saturated rings. The van der Waals surface area contributed by atoms with Crippen LogP contribution in [0.1, 0.15) is 36.8 Å². The molecule has 12 heteroatoms. The zero-order valence-corrected chi connectivity index (χ0v) is 20.2. The molecule has 0 amide bonds. The fourth-order valence-electron chi connectivity index (χ4n) is 4.36. The number of para-hydroxylation sites is 1. The molecular formula is C26H27F6N5O. The lowest BCUT2D eigenvalue weighted by molar-refractivity contribution is -0.274. The molecule has 0 aliphatic heterocycles. The van der Waals surface area contributed by atoms with Gasteiger partial charge in [0.25, 0.3) is 0 Å². The van der Waals surface area contributed by atoms with E-state index in [0.717, 1.165) is 37.8 Å². The van der Waals surface area contributed by atoms with E-state index in [9.17, 15) is 26.3 Å². The van der Waals surface area contributed by atoms with Crippen LogP contribution < -0.4 is 21.1 Å². The van der Waals surface area contributed by atoms with Crippen LogP contribution >= 0.6 is 0 Å². The summed E-state index contributed by atoms with van der Waals surface area (Å²) in [6.07, 6.45) is -4.36. The Morgan fingerprint density at radius 3 is 2.37 bits per heavy atom. The molecule has 204 valence electrons.